The maximum atomic E-state index is 12.5. The van der Waals surface area contributed by atoms with E-state index in [1.54, 1.807) is 6.07 Å². The lowest BCUT2D eigenvalue weighted by Gasteiger charge is -2.30. The first kappa shape index (κ1) is 19.9. The molecule has 154 valence electrons. The summed E-state index contributed by atoms with van der Waals surface area (Å²) in [5, 5.41) is 16.7. The van der Waals surface area contributed by atoms with Gasteiger partial charge in [-0.15, -0.1) is 0 Å². The average Bonchev–Trinajstić information content (AvgIpc) is 3.25. The molecule has 1 unspecified atom stereocenters. The highest BCUT2D eigenvalue weighted by Gasteiger charge is 2.19. The average molecular weight is 396 g/mol. The Balaban J connectivity index is 1.25. The number of carbonyl (C=O) groups excluding carboxylic acids is 1. The van der Waals surface area contributed by atoms with E-state index in [0.29, 0.717) is 24.8 Å². The van der Waals surface area contributed by atoms with Gasteiger partial charge in [-0.1, -0.05) is 30.3 Å². The van der Waals surface area contributed by atoms with Crippen LogP contribution in [-0.4, -0.2) is 60.9 Å². The molecule has 0 bridgehead atoms. The topological polar surface area (TPSA) is 73.8 Å². The van der Waals surface area contributed by atoms with Crippen molar-refractivity contribution in [1.29, 1.82) is 0 Å². The molecular weight excluding hydrogens is 366 g/mol. The summed E-state index contributed by atoms with van der Waals surface area (Å²) < 4.78 is 5.38. The minimum Gasteiger partial charge on any atom is -0.390 e. The number of β-amino-alcohol motifs (C(OH)–C–C–N with tert-alkyl or cyclic N) is 1. The van der Waals surface area contributed by atoms with Crippen LogP contribution in [0, 0.1) is 0 Å². The van der Waals surface area contributed by atoms with E-state index in [4.69, 9.17) is 4.74 Å². The molecule has 6 heteroatoms. The van der Waals surface area contributed by atoms with Gasteiger partial charge < -0.3 is 20.5 Å². The van der Waals surface area contributed by atoms with Crippen LogP contribution in [0.3, 0.4) is 0 Å². The lowest BCUT2D eigenvalue weighted by molar-refractivity contribution is 0.0842. The molecule has 0 spiro atoms. The molecule has 2 heterocycles. The zero-order valence-corrected chi connectivity index (χ0v) is 16.6. The van der Waals surface area contributed by atoms with Gasteiger partial charge in [-0.05, 0) is 42.2 Å². The van der Waals surface area contributed by atoms with Crippen molar-refractivity contribution in [3.63, 3.8) is 0 Å². The Labute approximate surface area is 171 Å². The molecule has 4 rings (SSSR count). The van der Waals surface area contributed by atoms with E-state index in [-0.39, 0.29) is 12.5 Å². The monoisotopic (exact) mass is 395 g/mol. The Bertz CT molecular complexity index is 836. The number of aliphatic hydroxyl groups excluding tert-OH is 1. The lowest BCUT2D eigenvalue weighted by atomic mass is 10.00. The van der Waals surface area contributed by atoms with Crippen LogP contribution in [0.5, 0.6) is 0 Å². The quantitative estimate of drug-likeness (QED) is 0.669. The molecule has 1 fully saturated rings. The van der Waals surface area contributed by atoms with Crippen LogP contribution >= 0.6 is 0 Å². The standard InChI is InChI=1S/C23H29N3O3/c27-22(15-26-10-8-17-4-1-2-5-19(17)14-26)13-24-23(28)18-6-3-7-20(12-18)25-21-9-11-29-16-21/h1-7,12,21-22,25,27H,8-11,13-16H2,(H,24,28)/t21?,22-/m1/s1. The number of rotatable bonds is 7. The maximum absolute atomic E-state index is 12.5. The number of nitrogens with zero attached hydrogens (tertiary/aromatic N) is 1. The second-order valence-corrected chi connectivity index (χ2v) is 7.90. The van der Waals surface area contributed by atoms with Crippen molar-refractivity contribution in [2.24, 2.45) is 0 Å². The molecule has 6 nitrogen and oxygen atoms in total. The maximum Gasteiger partial charge on any atom is 0.251 e. The fourth-order valence-corrected chi connectivity index (χ4v) is 4.02. The number of carbonyl (C=O) groups is 1. The van der Waals surface area contributed by atoms with E-state index in [9.17, 15) is 9.90 Å². The summed E-state index contributed by atoms with van der Waals surface area (Å²) in [4.78, 5) is 14.7. The molecule has 1 saturated heterocycles. The van der Waals surface area contributed by atoms with Crippen molar-refractivity contribution in [2.45, 2.75) is 31.5 Å². The summed E-state index contributed by atoms with van der Waals surface area (Å²) in [6.07, 6.45) is 1.38. The molecule has 0 aromatic heterocycles. The Hall–Kier alpha value is -2.41. The number of amides is 1. The van der Waals surface area contributed by atoms with Gasteiger partial charge in [-0.2, -0.15) is 0 Å². The Morgan fingerprint density at radius 3 is 2.90 bits per heavy atom. The van der Waals surface area contributed by atoms with Crippen molar-refractivity contribution in [1.82, 2.24) is 10.2 Å². The molecule has 2 aliphatic heterocycles. The summed E-state index contributed by atoms with van der Waals surface area (Å²) in [6, 6.07) is 16.2. The van der Waals surface area contributed by atoms with Crippen LogP contribution in [-0.2, 0) is 17.7 Å². The highest BCUT2D eigenvalue weighted by molar-refractivity contribution is 5.95. The van der Waals surface area contributed by atoms with Crippen molar-refractivity contribution in [2.75, 3.05) is 38.2 Å². The fourth-order valence-electron chi connectivity index (χ4n) is 4.02. The Morgan fingerprint density at radius 1 is 1.21 bits per heavy atom. The predicted molar refractivity (Wildman–Crippen MR) is 113 cm³/mol. The molecule has 2 aromatic carbocycles. The zero-order valence-electron chi connectivity index (χ0n) is 16.6. The third kappa shape index (κ3) is 5.35. The highest BCUT2D eigenvalue weighted by atomic mass is 16.5. The summed E-state index contributed by atoms with van der Waals surface area (Å²) in [5.41, 5.74) is 4.23. The van der Waals surface area contributed by atoms with E-state index in [1.165, 1.54) is 11.1 Å². The van der Waals surface area contributed by atoms with Crippen LogP contribution in [0.4, 0.5) is 5.69 Å². The van der Waals surface area contributed by atoms with Gasteiger partial charge in [-0.3, -0.25) is 9.69 Å². The number of anilines is 1. The number of hydrogen-bond donors (Lipinski definition) is 3. The summed E-state index contributed by atoms with van der Waals surface area (Å²) in [6.45, 7) is 4.05. The molecule has 2 aromatic rings. The van der Waals surface area contributed by atoms with Gasteiger partial charge >= 0.3 is 0 Å². The first-order valence-corrected chi connectivity index (χ1v) is 10.4. The molecule has 29 heavy (non-hydrogen) atoms. The smallest absolute Gasteiger partial charge is 0.251 e. The first-order valence-electron chi connectivity index (χ1n) is 10.4. The number of hydrogen-bond acceptors (Lipinski definition) is 5. The van der Waals surface area contributed by atoms with Gasteiger partial charge in [0.1, 0.15) is 0 Å². The van der Waals surface area contributed by atoms with Crippen molar-refractivity contribution >= 4 is 11.6 Å². The van der Waals surface area contributed by atoms with E-state index >= 15 is 0 Å². The normalized spacial score (nSPS) is 20.1. The van der Waals surface area contributed by atoms with Gasteiger partial charge in [0.15, 0.2) is 0 Å². The number of ether oxygens (including phenoxy) is 1. The molecule has 0 saturated carbocycles. The summed E-state index contributed by atoms with van der Waals surface area (Å²) in [7, 11) is 0. The van der Waals surface area contributed by atoms with Crippen LogP contribution in [0.2, 0.25) is 0 Å². The van der Waals surface area contributed by atoms with Crippen LogP contribution in [0.25, 0.3) is 0 Å². The lowest BCUT2D eigenvalue weighted by Crippen LogP contribution is -2.42. The Kier molecular flexibility index (Phi) is 6.44. The Morgan fingerprint density at radius 2 is 2.07 bits per heavy atom. The molecule has 3 N–H and O–H groups in total. The highest BCUT2D eigenvalue weighted by Crippen LogP contribution is 2.18. The molecule has 0 radical (unpaired) electrons. The van der Waals surface area contributed by atoms with Crippen molar-refractivity contribution in [3.05, 3.63) is 65.2 Å². The third-order valence-corrected chi connectivity index (χ3v) is 5.60. The minimum absolute atomic E-state index is 0.167. The number of fused-ring (bicyclic) bond motifs is 1. The van der Waals surface area contributed by atoms with Gasteiger partial charge in [0, 0.05) is 44.0 Å². The van der Waals surface area contributed by atoms with E-state index in [0.717, 1.165) is 38.2 Å². The van der Waals surface area contributed by atoms with E-state index in [2.05, 4.69) is 39.8 Å². The fraction of sp³-hybridized carbons (Fsp3) is 0.435. The number of benzene rings is 2. The van der Waals surface area contributed by atoms with Gasteiger partial charge in [0.25, 0.3) is 5.91 Å². The van der Waals surface area contributed by atoms with Gasteiger partial charge in [0.05, 0.1) is 18.8 Å². The molecule has 1 amide bonds. The predicted octanol–water partition coefficient (Wildman–Crippen LogP) is 2.04. The summed E-state index contributed by atoms with van der Waals surface area (Å²) >= 11 is 0. The van der Waals surface area contributed by atoms with E-state index in [1.807, 2.05) is 18.2 Å². The van der Waals surface area contributed by atoms with Gasteiger partial charge in [0.2, 0.25) is 0 Å². The molecular formula is C23H29N3O3. The van der Waals surface area contributed by atoms with Crippen LogP contribution in [0.15, 0.2) is 48.5 Å². The first-order chi connectivity index (χ1) is 14.2. The molecule has 2 aliphatic rings. The van der Waals surface area contributed by atoms with E-state index < -0.39 is 6.10 Å². The van der Waals surface area contributed by atoms with Crippen LogP contribution in [0.1, 0.15) is 27.9 Å². The summed E-state index contributed by atoms with van der Waals surface area (Å²) in [5.74, 6) is -0.167. The molecule has 0 aliphatic carbocycles. The van der Waals surface area contributed by atoms with Crippen LogP contribution < -0.4 is 10.6 Å². The second-order valence-electron chi connectivity index (χ2n) is 7.90. The second kappa shape index (κ2) is 9.39. The number of nitrogens with one attached hydrogen (secondary N) is 2. The van der Waals surface area contributed by atoms with Crippen molar-refractivity contribution < 1.29 is 14.6 Å². The SMILES string of the molecule is O=C(NC[C@@H](O)CN1CCc2ccccc2C1)c1cccc(NC2CCOC2)c1. The molecule has 2 atom stereocenters. The third-order valence-electron chi connectivity index (χ3n) is 5.60. The minimum atomic E-state index is -0.596. The zero-order chi connectivity index (χ0) is 20.1. The number of aliphatic hydroxyl groups is 1. The van der Waals surface area contributed by atoms with Gasteiger partial charge in [-0.25, -0.2) is 0 Å². The largest absolute Gasteiger partial charge is 0.390 e. The van der Waals surface area contributed by atoms with Crippen molar-refractivity contribution in [3.8, 4) is 0 Å².